The third-order valence-corrected chi connectivity index (χ3v) is 5.91. The molecule has 0 radical (unpaired) electrons. The van der Waals surface area contributed by atoms with Crippen LogP contribution in [0.4, 0.5) is 0 Å². The summed E-state index contributed by atoms with van der Waals surface area (Å²) in [5.41, 5.74) is 4.33. The van der Waals surface area contributed by atoms with Gasteiger partial charge in [-0.2, -0.15) is 5.26 Å². The standard InChI is InChI=1S/C27H25N3O/c1-20-12-14-21(15-13-20)25-11-7-10-24(29-25)18-22(19-28)26(31)30-27(16-5-6-17-27)23-8-3-2-4-9-23/h2-4,7-15,18H,5-6,16-17H2,1H3,(H,30,31)/b22-18+. The van der Waals surface area contributed by atoms with E-state index < -0.39 is 5.54 Å². The normalized spacial score (nSPS) is 15.3. The van der Waals surface area contributed by atoms with Gasteiger partial charge in [0.2, 0.25) is 0 Å². The van der Waals surface area contributed by atoms with E-state index in [0.717, 1.165) is 42.5 Å². The molecule has 3 aromatic rings. The van der Waals surface area contributed by atoms with Crippen molar-refractivity contribution in [2.45, 2.75) is 38.1 Å². The van der Waals surface area contributed by atoms with Gasteiger partial charge >= 0.3 is 0 Å². The molecule has 154 valence electrons. The molecule has 0 aliphatic heterocycles. The third kappa shape index (κ3) is 4.57. The molecule has 4 heteroatoms. The van der Waals surface area contributed by atoms with E-state index in [2.05, 4.69) is 16.4 Å². The van der Waals surface area contributed by atoms with Crippen LogP contribution in [0.3, 0.4) is 0 Å². The van der Waals surface area contributed by atoms with E-state index in [1.165, 1.54) is 5.56 Å². The zero-order valence-corrected chi connectivity index (χ0v) is 17.6. The molecule has 1 heterocycles. The van der Waals surface area contributed by atoms with Crippen molar-refractivity contribution in [1.82, 2.24) is 10.3 Å². The summed E-state index contributed by atoms with van der Waals surface area (Å²) in [7, 11) is 0. The average Bonchev–Trinajstić information content (AvgIpc) is 3.28. The van der Waals surface area contributed by atoms with Gasteiger partial charge in [-0.1, -0.05) is 79.1 Å². The summed E-state index contributed by atoms with van der Waals surface area (Å²) in [6.45, 7) is 2.04. The molecule has 1 saturated carbocycles. The van der Waals surface area contributed by atoms with Crippen molar-refractivity contribution in [2.75, 3.05) is 0 Å². The topological polar surface area (TPSA) is 65.8 Å². The Hall–Kier alpha value is -3.71. The van der Waals surface area contributed by atoms with E-state index in [0.29, 0.717) is 5.69 Å². The highest BCUT2D eigenvalue weighted by atomic mass is 16.1. The molecule has 0 bridgehead atoms. The minimum Gasteiger partial charge on any atom is -0.342 e. The first-order valence-corrected chi connectivity index (χ1v) is 10.6. The van der Waals surface area contributed by atoms with Crippen LogP contribution in [-0.4, -0.2) is 10.9 Å². The fraction of sp³-hybridized carbons (Fsp3) is 0.222. The van der Waals surface area contributed by atoms with Gasteiger partial charge in [0, 0.05) is 5.56 Å². The number of carbonyl (C=O) groups is 1. The summed E-state index contributed by atoms with van der Waals surface area (Å²) in [4.78, 5) is 17.7. The molecule has 0 spiro atoms. The molecule has 4 nitrogen and oxygen atoms in total. The Balaban J connectivity index is 1.60. The van der Waals surface area contributed by atoms with E-state index in [4.69, 9.17) is 0 Å². The average molecular weight is 408 g/mol. The van der Waals surface area contributed by atoms with Crippen LogP contribution in [0, 0.1) is 18.3 Å². The van der Waals surface area contributed by atoms with Crippen molar-refractivity contribution < 1.29 is 4.79 Å². The van der Waals surface area contributed by atoms with Gasteiger partial charge in [0.25, 0.3) is 5.91 Å². The molecule has 1 aliphatic rings. The molecule has 1 aliphatic carbocycles. The van der Waals surface area contributed by atoms with Gasteiger partial charge in [-0.15, -0.1) is 0 Å². The van der Waals surface area contributed by atoms with E-state index in [1.807, 2.05) is 79.7 Å². The number of pyridine rings is 1. The maximum atomic E-state index is 13.1. The van der Waals surface area contributed by atoms with Crippen LogP contribution < -0.4 is 5.32 Å². The van der Waals surface area contributed by atoms with Crippen LogP contribution in [0.1, 0.15) is 42.5 Å². The quantitative estimate of drug-likeness (QED) is 0.445. The lowest BCUT2D eigenvalue weighted by molar-refractivity contribution is -0.119. The first-order chi connectivity index (χ1) is 15.1. The number of hydrogen-bond donors (Lipinski definition) is 1. The highest BCUT2D eigenvalue weighted by molar-refractivity contribution is 6.02. The zero-order chi connectivity index (χ0) is 21.7. The van der Waals surface area contributed by atoms with Gasteiger partial charge < -0.3 is 5.32 Å². The van der Waals surface area contributed by atoms with Gasteiger partial charge in [0.1, 0.15) is 11.6 Å². The summed E-state index contributed by atoms with van der Waals surface area (Å²) < 4.78 is 0. The van der Waals surface area contributed by atoms with Crippen LogP contribution >= 0.6 is 0 Å². The Morgan fingerprint density at radius 3 is 2.39 bits per heavy atom. The number of carbonyl (C=O) groups excluding carboxylic acids is 1. The number of nitrogens with zero attached hydrogens (tertiary/aromatic N) is 2. The number of aromatic nitrogens is 1. The Labute approximate surface area is 183 Å². The highest BCUT2D eigenvalue weighted by Crippen LogP contribution is 2.38. The lowest BCUT2D eigenvalue weighted by atomic mass is 9.88. The van der Waals surface area contributed by atoms with Gasteiger partial charge in [-0.3, -0.25) is 4.79 Å². The second kappa shape index (κ2) is 8.97. The van der Waals surface area contributed by atoms with Gasteiger partial charge in [-0.25, -0.2) is 4.98 Å². The summed E-state index contributed by atoms with van der Waals surface area (Å²) in [6.07, 6.45) is 5.44. The van der Waals surface area contributed by atoms with E-state index in [1.54, 1.807) is 6.08 Å². The van der Waals surface area contributed by atoms with E-state index >= 15 is 0 Å². The molecule has 1 aromatic heterocycles. The predicted octanol–water partition coefficient (Wildman–Crippen LogP) is 5.55. The lowest BCUT2D eigenvalue weighted by Gasteiger charge is -2.31. The summed E-state index contributed by atoms with van der Waals surface area (Å²) in [5, 5.41) is 12.9. The van der Waals surface area contributed by atoms with Crippen LogP contribution in [-0.2, 0) is 10.3 Å². The molecule has 0 saturated heterocycles. The number of aryl methyl sites for hydroxylation is 1. The van der Waals surface area contributed by atoms with Crippen LogP contribution in [0.25, 0.3) is 17.3 Å². The number of benzene rings is 2. The Kier molecular flexibility index (Phi) is 5.95. The zero-order valence-electron chi connectivity index (χ0n) is 17.6. The lowest BCUT2D eigenvalue weighted by Crippen LogP contribution is -2.44. The smallest absolute Gasteiger partial charge is 0.262 e. The number of hydrogen-bond acceptors (Lipinski definition) is 3. The van der Waals surface area contributed by atoms with Gasteiger partial charge in [0.15, 0.2) is 0 Å². The molecule has 1 amide bonds. The van der Waals surface area contributed by atoms with Crippen molar-refractivity contribution in [1.29, 1.82) is 5.26 Å². The molecule has 4 rings (SSSR count). The van der Waals surface area contributed by atoms with Crippen LogP contribution in [0.5, 0.6) is 0 Å². The monoisotopic (exact) mass is 407 g/mol. The number of nitrogens with one attached hydrogen (secondary N) is 1. The Morgan fingerprint density at radius 2 is 1.71 bits per heavy atom. The molecule has 1 fully saturated rings. The second-order valence-electron chi connectivity index (χ2n) is 8.09. The first kappa shape index (κ1) is 20.6. The van der Waals surface area contributed by atoms with Crippen molar-refractivity contribution in [2.24, 2.45) is 0 Å². The third-order valence-electron chi connectivity index (χ3n) is 5.91. The minimum absolute atomic E-state index is 0.0655. The van der Waals surface area contributed by atoms with Crippen LogP contribution in [0.2, 0.25) is 0 Å². The summed E-state index contributed by atoms with van der Waals surface area (Å²) in [6, 6.07) is 25.9. The molecule has 2 aromatic carbocycles. The SMILES string of the molecule is Cc1ccc(-c2cccc(/C=C(\C#N)C(=O)NC3(c4ccccc4)CCCC3)n2)cc1. The fourth-order valence-corrected chi connectivity index (χ4v) is 4.22. The molecule has 31 heavy (non-hydrogen) atoms. The molecular weight excluding hydrogens is 382 g/mol. The van der Waals surface area contributed by atoms with Crippen molar-refractivity contribution in [3.8, 4) is 17.3 Å². The van der Waals surface area contributed by atoms with Crippen molar-refractivity contribution >= 4 is 12.0 Å². The minimum atomic E-state index is -0.411. The fourth-order valence-electron chi connectivity index (χ4n) is 4.22. The Morgan fingerprint density at radius 1 is 1.00 bits per heavy atom. The summed E-state index contributed by atoms with van der Waals surface area (Å²) in [5.74, 6) is -0.351. The van der Waals surface area contributed by atoms with Crippen molar-refractivity contribution in [3.05, 3.63) is 95.2 Å². The molecule has 0 unspecified atom stereocenters. The second-order valence-corrected chi connectivity index (χ2v) is 8.09. The maximum absolute atomic E-state index is 13.1. The van der Waals surface area contributed by atoms with E-state index in [-0.39, 0.29) is 11.5 Å². The Bertz CT molecular complexity index is 1140. The maximum Gasteiger partial charge on any atom is 0.262 e. The predicted molar refractivity (Wildman–Crippen MR) is 123 cm³/mol. The van der Waals surface area contributed by atoms with E-state index in [9.17, 15) is 10.1 Å². The summed E-state index contributed by atoms with van der Waals surface area (Å²) >= 11 is 0. The first-order valence-electron chi connectivity index (χ1n) is 10.6. The highest BCUT2D eigenvalue weighted by Gasteiger charge is 2.37. The van der Waals surface area contributed by atoms with Crippen LogP contribution in [0.15, 0.2) is 78.4 Å². The molecule has 1 N–H and O–H groups in total. The number of rotatable bonds is 5. The molecular formula is C27H25N3O. The van der Waals surface area contributed by atoms with Gasteiger partial charge in [-0.05, 0) is 43.5 Å². The van der Waals surface area contributed by atoms with Gasteiger partial charge in [0.05, 0.1) is 16.9 Å². The largest absolute Gasteiger partial charge is 0.342 e. The number of amides is 1. The number of nitriles is 1. The van der Waals surface area contributed by atoms with Crippen molar-refractivity contribution in [3.63, 3.8) is 0 Å². The molecule has 0 atom stereocenters.